The molecule has 1 aliphatic heterocycles. The Balaban J connectivity index is 1.36. The first-order chi connectivity index (χ1) is 22.1. The highest BCUT2D eigenvalue weighted by atomic mass is 35.5. The number of halogens is 2. The van der Waals surface area contributed by atoms with Crippen LogP contribution in [0.1, 0.15) is 72.9 Å². The van der Waals surface area contributed by atoms with Crippen molar-refractivity contribution in [3.8, 4) is 6.07 Å². The maximum atomic E-state index is 14.0. The van der Waals surface area contributed by atoms with Gasteiger partial charge in [0, 0.05) is 40.8 Å². The summed E-state index contributed by atoms with van der Waals surface area (Å²) in [4.78, 5) is 20.2. The normalized spacial score (nSPS) is 15.0. The average Bonchev–Trinajstić information content (AvgIpc) is 3.54. The molecule has 11 heteroatoms. The lowest BCUT2D eigenvalue weighted by Gasteiger charge is -2.40. The Labute approximate surface area is 272 Å². The van der Waals surface area contributed by atoms with Gasteiger partial charge >= 0.3 is 0 Å². The van der Waals surface area contributed by atoms with Crippen LogP contribution < -0.4 is 10.6 Å². The minimum Gasteiger partial charge on any atom is -0.371 e. The number of anilines is 2. The Bertz CT molecular complexity index is 1910. The van der Waals surface area contributed by atoms with Crippen LogP contribution in [0.2, 0.25) is 5.02 Å². The summed E-state index contributed by atoms with van der Waals surface area (Å²) in [5.41, 5.74) is 3.49. The summed E-state index contributed by atoms with van der Waals surface area (Å²) >= 11 is 6.64. The van der Waals surface area contributed by atoms with Gasteiger partial charge in [0.1, 0.15) is 17.6 Å². The van der Waals surface area contributed by atoms with E-state index in [0.717, 1.165) is 31.5 Å². The Kier molecular flexibility index (Phi) is 8.71. The summed E-state index contributed by atoms with van der Waals surface area (Å²) in [6.07, 6.45) is 5.28. The van der Waals surface area contributed by atoms with E-state index in [1.54, 1.807) is 48.5 Å². The minimum atomic E-state index is -0.537. The Morgan fingerprint density at radius 3 is 2.48 bits per heavy atom. The van der Waals surface area contributed by atoms with Gasteiger partial charge in [-0.2, -0.15) is 5.26 Å². The number of carbonyl (C=O) groups is 1. The number of aromatic nitrogens is 4. The zero-order valence-corrected chi connectivity index (χ0v) is 26.6. The van der Waals surface area contributed by atoms with Crippen molar-refractivity contribution in [2.45, 2.75) is 51.2 Å². The van der Waals surface area contributed by atoms with Crippen LogP contribution in [0.3, 0.4) is 0 Å². The van der Waals surface area contributed by atoms with Gasteiger partial charge in [-0.15, -0.1) is 5.10 Å². The Morgan fingerprint density at radius 1 is 1.09 bits per heavy atom. The largest absolute Gasteiger partial charge is 0.371 e. The van der Waals surface area contributed by atoms with Gasteiger partial charge in [0.2, 0.25) is 0 Å². The van der Waals surface area contributed by atoms with Crippen molar-refractivity contribution in [2.75, 3.05) is 23.7 Å². The molecule has 0 radical (unpaired) electrons. The van der Waals surface area contributed by atoms with Crippen LogP contribution in [0.15, 0.2) is 79.1 Å². The van der Waals surface area contributed by atoms with E-state index in [4.69, 9.17) is 11.6 Å². The minimum absolute atomic E-state index is 0.113. The van der Waals surface area contributed by atoms with Crippen LogP contribution in [0.4, 0.5) is 15.8 Å². The predicted molar refractivity (Wildman–Crippen MR) is 177 cm³/mol. The van der Waals surface area contributed by atoms with E-state index >= 15 is 0 Å². The first kappa shape index (κ1) is 31.1. The van der Waals surface area contributed by atoms with Gasteiger partial charge in [-0.1, -0.05) is 47.1 Å². The van der Waals surface area contributed by atoms with E-state index in [2.05, 4.69) is 57.7 Å². The summed E-state index contributed by atoms with van der Waals surface area (Å²) in [7, 11) is 0. The molecule has 9 nitrogen and oxygen atoms in total. The SMILES string of the molecule is CC(C)(C)N1CCC(n2cc([C@@H](Nc3cc(Cl)cc4c(NC(=O)c5ccccc5)c(C#N)cnc34)c3ccc(F)cc3)nn2)CC1. The van der Waals surface area contributed by atoms with Crippen molar-refractivity contribution in [1.29, 1.82) is 5.26 Å². The highest BCUT2D eigenvalue weighted by Crippen LogP contribution is 2.37. The third-order valence-corrected chi connectivity index (χ3v) is 8.66. The summed E-state index contributed by atoms with van der Waals surface area (Å²) < 4.78 is 15.9. The quantitative estimate of drug-likeness (QED) is 0.192. The molecule has 0 saturated carbocycles. The molecular weight excluding hydrogens is 603 g/mol. The van der Waals surface area contributed by atoms with Crippen LogP contribution in [0.5, 0.6) is 0 Å². The molecule has 46 heavy (non-hydrogen) atoms. The highest BCUT2D eigenvalue weighted by Gasteiger charge is 2.29. The molecule has 0 spiro atoms. The lowest BCUT2D eigenvalue weighted by Crippen LogP contribution is -2.46. The lowest BCUT2D eigenvalue weighted by molar-refractivity contribution is 0.0866. The van der Waals surface area contributed by atoms with Crippen LogP contribution in [-0.2, 0) is 0 Å². The molecule has 234 valence electrons. The number of piperidine rings is 1. The van der Waals surface area contributed by atoms with Crippen molar-refractivity contribution in [3.05, 3.63) is 112 Å². The second-order valence-electron chi connectivity index (χ2n) is 12.5. The zero-order valence-electron chi connectivity index (χ0n) is 25.8. The number of rotatable bonds is 7. The average molecular weight is 637 g/mol. The number of nitrogens with one attached hydrogen (secondary N) is 2. The van der Waals surface area contributed by atoms with Crippen molar-refractivity contribution in [2.24, 2.45) is 0 Å². The molecule has 1 atom stereocenters. The highest BCUT2D eigenvalue weighted by molar-refractivity contribution is 6.32. The van der Waals surface area contributed by atoms with Crippen LogP contribution in [0, 0.1) is 17.1 Å². The van der Waals surface area contributed by atoms with E-state index in [1.807, 2.05) is 16.9 Å². The molecule has 6 rings (SSSR count). The molecule has 0 aliphatic carbocycles. The maximum Gasteiger partial charge on any atom is 0.255 e. The van der Waals surface area contributed by atoms with Crippen LogP contribution in [-0.4, -0.2) is 49.4 Å². The first-order valence-corrected chi connectivity index (χ1v) is 15.6. The fourth-order valence-electron chi connectivity index (χ4n) is 5.91. The molecule has 1 fully saturated rings. The number of carbonyl (C=O) groups excluding carboxylic acids is 1. The van der Waals surface area contributed by atoms with Gasteiger partial charge in [-0.25, -0.2) is 9.07 Å². The summed E-state index contributed by atoms with van der Waals surface area (Å²) in [6.45, 7) is 8.63. The third kappa shape index (κ3) is 6.57. The number of nitriles is 1. The number of hydrogen-bond donors (Lipinski definition) is 2. The van der Waals surface area contributed by atoms with Gasteiger partial charge in [-0.05, 0) is 75.6 Å². The van der Waals surface area contributed by atoms with Gasteiger partial charge in [0.05, 0.1) is 40.7 Å². The molecule has 3 aromatic carbocycles. The van der Waals surface area contributed by atoms with Gasteiger partial charge in [0.15, 0.2) is 0 Å². The van der Waals surface area contributed by atoms with Crippen molar-refractivity contribution in [3.63, 3.8) is 0 Å². The molecule has 1 saturated heterocycles. The molecule has 3 heterocycles. The molecule has 5 aromatic rings. The lowest BCUT2D eigenvalue weighted by atomic mass is 9.98. The number of amides is 1. The first-order valence-electron chi connectivity index (χ1n) is 15.2. The van der Waals surface area contributed by atoms with Crippen molar-refractivity contribution >= 4 is 39.8 Å². The number of likely N-dealkylation sites (tertiary alicyclic amines) is 1. The molecule has 2 aromatic heterocycles. The fourth-order valence-corrected chi connectivity index (χ4v) is 6.13. The second kappa shape index (κ2) is 12.9. The maximum absolute atomic E-state index is 14.0. The van der Waals surface area contributed by atoms with E-state index < -0.39 is 6.04 Å². The topological polar surface area (TPSA) is 112 Å². The van der Waals surface area contributed by atoms with Crippen LogP contribution >= 0.6 is 11.6 Å². The zero-order chi connectivity index (χ0) is 32.4. The molecule has 0 unspecified atom stereocenters. The second-order valence-corrected chi connectivity index (χ2v) is 12.9. The monoisotopic (exact) mass is 636 g/mol. The smallest absolute Gasteiger partial charge is 0.255 e. The van der Waals surface area contributed by atoms with Crippen molar-refractivity contribution in [1.82, 2.24) is 24.9 Å². The molecule has 1 amide bonds. The van der Waals surface area contributed by atoms with E-state index in [-0.39, 0.29) is 28.9 Å². The number of benzene rings is 3. The standard InChI is InChI=1S/C35H34ClFN8O/c1-35(2,3)44-15-13-27(14-16-44)45-21-30(42-43-45)32(22-9-11-26(37)12-10-22)40-29-18-25(36)17-28-31(24(19-38)20-39-33(28)29)41-34(46)23-7-5-4-6-8-23/h4-12,17-18,20-21,27,32,40H,13-16H2,1-3H3,(H,39,41,46)/t32-/m0/s1. The third-order valence-electron chi connectivity index (χ3n) is 8.45. The molecule has 0 bridgehead atoms. The molecule has 2 N–H and O–H groups in total. The number of pyridine rings is 1. The Morgan fingerprint density at radius 2 is 1.80 bits per heavy atom. The molecular formula is C35H34ClFN8O. The molecule has 1 aliphatic rings. The Hall–Kier alpha value is -4.85. The predicted octanol–water partition coefficient (Wildman–Crippen LogP) is 7.38. The summed E-state index contributed by atoms with van der Waals surface area (Å²) in [5.74, 6) is -0.720. The van der Waals surface area contributed by atoms with Crippen LogP contribution in [0.25, 0.3) is 10.9 Å². The summed E-state index contributed by atoms with van der Waals surface area (Å²) in [5, 5.41) is 26.2. The summed E-state index contributed by atoms with van der Waals surface area (Å²) in [6, 6.07) is 20.2. The number of hydrogen-bond acceptors (Lipinski definition) is 7. The number of fused-ring (bicyclic) bond motifs is 1. The van der Waals surface area contributed by atoms with Crippen molar-refractivity contribution < 1.29 is 9.18 Å². The fraction of sp³-hybridized carbons (Fsp3) is 0.286. The van der Waals surface area contributed by atoms with E-state index in [1.165, 1.54) is 18.3 Å². The van der Waals surface area contributed by atoms with Gasteiger partial charge in [-0.3, -0.25) is 14.7 Å². The van der Waals surface area contributed by atoms with Gasteiger partial charge in [0.25, 0.3) is 5.91 Å². The number of nitrogens with zero attached hydrogens (tertiary/aromatic N) is 6. The van der Waals surface area contributed by atoms with E-state index in [0.29, 0.717) is 38.6 Å². The van der Waals surface area contributed by atoms with Gasteiger partial charge < -0.3 is 10.6 Å². The van der Waals surface area contributed by atoms with E-state index in [9.17, 15) is 14.4 Å².